The zero-order valence-electron chi connectivity index (χ0n) is 7.82. The van der Waals surface area contributed by atoms with Crippen LogP contribution in [0.25, 0.3) is 0 Å². The van der Waals surface area contributed by atoms with Crippen molar-refractivity contribution in [2.45, 2.75) is 19.3 Å². The van der Waals surface area contributed by atoms with Gasteiger partial charge in [-0.3, -0.25) is 4.90 Å². The van der Waals surface area contributed by atoms with E-state index in [1.54, 1.807) is 0 Å². The molecule has 0 atom stereocenters. The number of aromatic nitrogens is 2. The molecule has 5 nitrogen and oxygen atoms in total. The predicted molar refractivity (Wildman–Crippen MR) is 44.3 cm³/mol. The number of fused-ring (bicyclic) bond motifs is 1. The quantitative estimate of drug-likeness (QED) is 0.737. The van der Waals surface area contributed by atoms with Gasteiger partial charge in [0.2, 0.25) is 5.82 Å². The largest absolute Gasteiger partial charge is 0.465 e. The van der Waals surface area contributed by atoms with Crippen molar-refractivity contribution in [3.63, 3.8) is 0 Å². The molecular weight excluding hydrogens is 227 g/mol. The number of carboxylic acid groups (broad SMARTS) is 1. The molecule has 0 aliphatic carbocycles. The molecule has 86 valence electrons. The van der Waals surface area contributed by atoms with Gasteiger partial charge in [0.15, 0.2) is 0 Å². The minimum absolute atomic E-state index is 0.0306. The van der Waals surface area contributed by atoms with Crippen LogP contribution < -0.4 is 0 Å². The molecule has 0 unspecified atom stereocenters. The number of amides is 1. The summed E-state index contributed by atoms with van der Waals surface area (Å²) in [7, 11) is 0. The number of halogens is 3. The maximum atomic E-state index is 12.3. The molecule has 0 saturated carbocycles. The first-order valence-corrected chi connectivity index (χ1v) is 4.28. The number of alkyl halides is 3. The van der Waals surface area contributed by atoms with Crippen molar-refractivity contribution in [2.75, 3.05) is 0 Å². The Morgan fingerprint density at radius 1 is 1.44 bits per heavy atom. The van der Waals surface area contributed by atoms with Gasteiger partial charge in [-0.15, -0.1) is 0 Å². The fourth-order valence-electron chi connectivity index (χ4n) is 1.43. The minimum atomic E-state index is -4.61. The topological polar surface area (TPSA) is 66.3 Å². The lowest BCUT2D eigenvalue weighted by Crippen LogP contribution is -2.22. The van der Waals surface area contributed by atoms with E-state index in [2.05, 4.69) is 9.97 Å². The second kappa shape index (κ2) is 3.32. The minimum Gasteiger partial charge on any atom is -0.465 e. The monoisotopic (exact) mass is 233 g/mol. The average Bonchev–Trinajstić information content (AvgIpc) is 2.58. The fraction of sp³-hybridized carbons (Fsp3) is 0.375. The molecule has 1 aromatic heterocycles. The summed E-state index contributed by atoms with van der Waals surface area (Å²) < 4.78 is 36.8. The smallest absolute Gasteiger partial charge is 0.451 e. The molecule has 0 aromatic carbocycles. The highest BCUT2D eigenvalue weighted by Crippen LogP contribution is 2.28. The first-order valence-electron chi connectivity index (χ1n) is 4.28. The molecule has 0 radical (unpaired) electrons. The maximum absolute atomic E-state index is 12.3. The van der Waals surface area contributed by atoms with Crippen LogP contribution in [0.5, 0.6) is 0 Å². The lowest BCUT2D eigenvalue weighted by molar-refractivity contribution is -0.145. The lowest BCUT2D eigenvalue weighted by atomic mass is 10.3. The van der Waals surface area contributed by atoms with Gasteiger partial charge in [-0.05, 0) is 0 Å². The predicted octanol–water partition coefficient (Wildman–Crippen LogP) is 1.49. The molecule has 1 aromatic rings. The highest BCUT2D eigenvalue weighted by atomic mass is 19.4. The summed E-state index contributed by atoms with van der Waals surface area (Å²) >= 11 is 0. The van der Waals surface area contributed by atoms with Gasteiger partial charge in [0.05, 0.1) is 18.8 Å². The highest BCUT2D eigenvalue weighted by molar-refractivity contribution is 5.66. The zero-order valence-corrected chi connectivity index (χ0v) is 7.82. The van der Waals surface area contributed by atoms with Gasteiger partial charge in [-0.25, -0.2) is 14.8 Å². The Morgan fingerprint density at radius 2 is 2.12 bits per heavy atom. The second-order valence-corrected chi connectivity index (χ2v) is 3.30. The van der Waals surface area contributed by atoms with Crippen LogP contribution in [0, 0.1) is 0 Å². The number of hydrogen-bond donors (Lipinski definition) is 1. The second-order valence-electron chi connectivity index (χ2n) is 3.30. The van der Waals surface area contributed by atoms with Crippen LogP contribution >= 0.6 is 0 Å². The molecule has 2 rings (SSSR count). The van der Waals surface area contributed by atoms with E-state index < -0.39 is 18.1 Å². The normalized spacial score (nSPS) is 15.1. The average molecular weight is 233 g/mol. The van der Waals surface area contributed by atoms with Crippen LogP contribution in [0.1, 0.15) is 17.1 Å². The summed E-state index contributed by atoms with van der Waals surface area (Å²) in [5, 5.41) is 8.67. The molecule has 0 fully saturated rings. The number of rotatable bonds is 0. The third kappa shape index (κ3) is 1.77. The lowest BCUT2D eigenvalue weighted by Gasteiger charge is -2.08. The van der Waals surface area contributed by atoms with Crippen molar-refractivity contribution < 1.29 is 23.1 Å². The van der Waals surface area contributed by atoms with Gasteiger partial charge in [0.1, 0.15) is 0 Å². The van der Waals surface area contributed by atoms with Crippen LogP contribution in [-0.2, 0) is 19.3 Å². The SMILES string of the molecule is O=C(O)N1Cc2cnc(C(F)(F)F)nc2C1. The zero-order chi connectivity index (χ0) is 11.9. The number of hydrogen-bond acceptors (Lipinski definition) is 3. The van der Waals surface area contributed by atoms with Gasteiger partial charge in [-0.2, -0.15) is 13.2 Å². The van der Waals surface area contributed by atoms with Crippen LogP contribution in [-0.4, -0.2) is 26.1 Å². The Balaban J connectivity index is 2.31. The van der Waals surface area contributed by atoms with E-state index in [4.69, 9.17) is 5.11 Å². The molecule has 16 heavy (non-hydrogen) atoms. The van der Waals surface area contributed by atoms with Gasteiger partial charge >= 0.3 is 12.3 Å². The van der Waals surface area contributed by atoms with Crippen molar-refractivity contribution in [3.8, 4) is 0 Å². The summed E-state index contributed by atoms with van der Waals surface area (Å²) in [6.07, 6.45) is -4.77. The molecular formula is C8H6F3N3O2. The third-order valence-electron chi connectivity index (χ3n) is 2.18. The summed E-state index contributed by atoms with van der Waals surface area (Å²) in [4.78, 5) is 18.1. The van der Waals surface area contributed by atoms with Crippen molar-refractivity contribution in [2.24, 2.45) is 0 Å². The molecule has 1 aliphatic rings. The Bertz CT molecular complexity index is 447. The Kier molecular flexibility index (Phi) is 2.21. The number of carbonyl (C=O) groups is 1. The van der Waals surface area contributed by atoms with Crippen molar-refractivity contribution in [1.29, 1.82) is 0 Å². The van der Waals surface area contributed by atoms with Crippen LogP contribution in [0.15, 0.2) is 6.20 Å². The van der Waals surface area contributed by atoms with E-state index in [-0.39, 0.29) is 18.8 Å². The van der Waals surface area contributed by atoms with Crippen molar-refractivity contribution >= 4 is 6.09 Å². The first kappa shape index (κ1) is 10.7. The molecule has 2 heterocycles. The molecule has 0 saturated heterocycles. The van der Waals surface area contributed by atoms with E-state index >= 15 is 0 Å². The first-order chi connectivity index (χ1) is 7.38. The Morgan fingerprint density at radius 3 is 2.69 bits per heavy atom. The van der Waals surface area contributed by atoms with Crippen LogP contribution in [0.2, 0.25) is 0 Å². The molecule has 0 bridgehead atoms. The van der Waals surface area contributed by atoms with E-state index in [0.717, 1.165) is 11.1 Å². The molecule has 8 heteroatoms. The molecule has 1 N–H and O–H groups in total. The summed E-state index contributed by atoms with van der Waals surface area (Å²) in [6.45, 7) is -0.0981. The van der Waals surface area contributed by atoms with Crippen molar-refractivity contribution in [3.05, 3.63) is 23.3 Å². The Labute approximate surface area is 87.5 Å². The standard InChI is InChI=1S/C8H6F3N3O2/c9-8(10,11)6-12-1-4-2-14(7(15)16)3-5(4)13-6/h1H,2-3H2,(H,15,16). The van der Waals surface area contributed by atoms with Gasteiger partial charge < -0.3 is 5.11 Å². The molecule has 0 spiro atoms. The van der Waals surface area contributed by atoms with E-state index in [1.807, 2.05) is 0 Å². The van der Waals surface area contributed by atoms with E-state index in [1.165, 1.54) is 0 Å². The maximum Gasteiger partial charge on any atom is 0.451 e. The summed E-state index contributed by atoms with van der Waals surface area (Å²) in [5.41, 5.74) is 0.528. The number of nitrogens with zero attached hydrogens (tertiary/aromatic N) is 3. The van der Waals surface area contributed by atoms with Crippen LogP contribution in [0.3, 0.4) is 0 Å². The molecule has 1 amide bonds. The fourth-order valence-corrected chi connectivity index (χ4v) is 1.43. The Hall–Kier alpha value is -1.86. The van der Waals surface area contributed by atoms with E-state index in [0.29, 0.717) is 5.56 Å². The van der Waals surface area contributed by atoms with Gasteiger partial charge in [0.25, 0.3) is 0 Å². The third-order valence-corrected chi connectivity index (χ3v) is 2.18. The highest BCUT2D eigenvalue weighted by Gasteiger charge is 2.36. The van der Waals surface area contributed by atoms with Crippen LogP contribution in [0.4, 0.5) is 18.0 Å². The van der Waals surface area contributed by atoms with Crippen molar-refractivity contribution in [1.82, 2.24) is 14.9 Å². The summed E-state index contributed by atoms with van der Waals surface area (Å²) in [5.74, 6) is -1.24. The van der Waals surface area contributed by atoms with Gasteiger partial charge in [-0.1, -0.05) is 0 Å². The van der Waals surface area contributed by atoms with Gasteiger partial charge in [0, 0.05) is 11.8 Å². The molecule has 1 aliphatic heterocycles. The van der Waals surface area contributed by atoms with E-state index in [9.17, 15) is 18.0 Å². The summed E-state index contributed by atoms with van der Waals surface area (Å²) in [6, 6.07) is 0.